The van der Waals surface area contributed by atoms with Gasteiger partial charge in [0.25, 0.3) is 0 Å². The van der Waals surface area contributed by atoms with E-state index in [0.717, 1.165) is 26.3 Å². The first kappa shape index (κ1) is 12.9. The third-order valence-corrected chi connectivity index (χ3v) is 2.94. The molecule has 0 spiro atoms. The smallest absolute Gasteiger partial charge is 0.0820 e. The molecule has 0 aromatic heterocycles. The van der Waals surface area contributed by atoms with Gasteiger partial charge in [0.1, 0.15) is 0 Å². The molecule has 1 saturated heterocycles. The number of hydrogen-bond acceptors (Lipinski definition) is 4. The quantitative estimate of drug-likeness (QED) is 0.694. The van der Waals surface area contributed by atoms with Crippen LogP contribution in [0.15, 0.2) is 0 Å². The van der Waals surface area contributed by atoms with Crippen molar-refractivity contribution in [1.82, 2.24) is 4.90 Å². The SMILES string of the molecule is COC(CN)CN(C)CC1CCCOC1. The minimum Gasteiger partial charge on any atom is -0.381 e. The summed E-state index contributed by atoms with van der Waals surface area (Å²) in [5, 5.41) is 0. The first-order valence-electron chi connectivity index (χ1n) is 5.75. The predicted molar refractivity (Wildman–Crippen MR) is 60.9 cm³/mol. The fourth-order valence-electron chi connectivity index (χ4n) is 2.06. The standard InChI is InChI=1S/C11H24N2O2/c1-13(8-11(6-12)14-2)7-10-4-3-5-15-9-10/h10-11H,3-9,12H2,1-2H3. The largest absolute Gasteiger partial charge is 0.381 e. The highest BCUT2D eigenvalue weighted by Gasteiger charge is 2.17. The minimum absolute atomic E-state index is 0.152. The Morgan fingerprint density at radius 2 is 2.40 bits per heavy atom. The summed E-state index contributed by atoms with van der Waals surface area (Å²) in [6.07, 6.45) is 2.63. The maximum absolute atomic E-state index is 5.59. The second-order valence-corrected chi connectivity index (χ2v) is 4.40. The zero-order valence-electron chi connectivity index (χ0n) is 9.95. The van der Waals surface area contributed by atoms with Crippen LogP contribution in [0, 0.1) is 5.92 Å². The van der Waals surface area contributed by atoms with Crippen molar-refractivity contribution in [3.63, 3.8) is 0 Å². The van der Waals surface area contributed by atoms with Gasteiger partial charge in [-0.3, -0.25) is 0 Å². The lowest BCUT2D eigenvalue weighted by Crippen LogP contribution is -2.39. The topological polar surface area (TPSA) is 47.7 Å². The number of rotatable bonds is 6. The first-order chi connectivity index (χ1) is 7.26. The molecule has 2 unspecified atom stereocenters. The highest BCUT2D eigenvalue weighted by atomic mass is 16.5. The number of methoxy groups -OCH3 is 1. The van der Waals surface area contributed by atoms with Crippen LogP contribution in [0.25, 0.3) is 0 Å². The molecule has 2 atom stereocenters. The molecule has 0 amide bonds. The van der Waals surface area contributed by atoms with E-state index >= 15 is 0 Å². The number of ether oxygens (including phenoxy) is 2. The van der Waals surface area contributed by atoms with E-state index in [0.29, 0.717) is 12.5 Å². The normalized spacial score (nSPS) is 24.4. The van der Waals surface area contributed by atoms with Crippen LogP contribution in [0.2, 0.25) is 0 Å². The lowest BCUT2D eigenvalue weighted by molar-refractivity contribution is 0.0287. The van der Waals surface area contributed by atoms with Gasteiger partial charge < -0.3 is 20.1 Å². The van der Waals surface area contributed by atoms with Crippen LogP contribution in [0.5, 0.6) is 0 Å². The van der Waals surface area contributed by atoms with E-state index < -0.39 is 0 Å². The van der Waals surface area contributed by atoms with Gasteiger partial charge in [-0.05, 0) is 25.8 Å². The van der Waals surface area contributed by atoms with Crippen molar-refractivity contribution >= 4 is 0 Å². The lowest BCUT2D eigenvalue weighted by Gasteiger charge is -2.28. The molecule has 4 nitrogen and oxygen atoms in total. The molecule has 0 saturated carbocycles. The second kappa shape index (κ2) is 7.17. The third-order valence-electron chi connectivity index (χ3n) is 2.94. The van der Waals surface area contributed by atoms with E-state index in [2.05, 4.69) is 11.9 Å². The van der Waals surface area contributed by atoms with Crippen molar-refractivity contribution in [2.24, 2.45) is 11.7 Å². The number of likely N-dealkylation sites (N-methyl/N-ethyl adjacent to an activating group) is 1. The van der Waals surface area contributed by atoms with Crippen LogP contribution < -0.4 is 5.73 Å². The lowest BCUT2D eigenvalue weighted by atomic mass is 10.0. The zero-order valence-corrected chi connectivity index (χ0v) is 9.95. The Labute approximate surface area is 92.7 Å². The maximum Gasteiger partial charge on any atom is 0.0820 e. The van der Waals surface area contributed by atoms with Crippen LogP contribution in [0.3, 0.4) is 0 Å². The molecule has 90 valence electrons. The van der Waals surface area contributed by atoms with Crippen LogP contribution in [0.1, 0.15) is 12.8 Å². The zero-order chi connectivity index (χ0) is 11.1. The number of nitrogens with two attached hydrogens (primary N) is 1. The summed E-state index contributed by atoms with van der Waals surface area (Å²) in [7, 11) is 3.84. The van der Waals surface area contributed by atoms with Crippen LogP contribution in [0.4, 0.5) is 0 Å². The first-order valence-corrected chi connectivity index (χ1v) is 5.75. The summed E-state index contributed by atoms with van der Waals surface area (Å²) in [5.74, 6) is 0.680. The molecular formula is C11H24N2O2. The molecule has 1 rings (SSSR count). The summed E-state index contributed by atoms with van der Waals surface area (Å²) in [6.45, 7) is 4.42. The van der Waals surface area contributed by atoms with E-state index in [4.69, 9.17) is 15.2 Å². The average Bonchev–Trinajstić information content (AvgIpc) is 2.27. The summed E-state index contributed by atoms with van der Waals surface area (Å²) in [6, 6.07) is 0. The highest BCUT2D eigenvalue weighted by Crippen LogP contribution is 2.14. The van der Waals surface area contributed by atoms with Crippen molar-refractivity contribution in [3.05, 3.63) is 0 Å². The van der Waals surface area contributed by atoms with Crippen molar-refractivity contribution in [2.45, 2.75) is 18.9 Å². The summed E-state index contributed by atoms with van der Waals surface area (Å²) < 4.78 is 10.7. The van der Waals surface area contributed by atoms with Crippen LogP contribution in [-0.4, -0.2) is 58.0 Å². The molecule has 2 N–H and O–H groups in total. The Balaban J connectivity index is 2.18. The molecule has 0 bridgehead atoms. The van der Waals surface area contributed by atoms with Gasteiger partial charge in [-0.25, -0.2) is 0 Å². The minimum atomic E-state index is 0.152. The Hall–Kier alpha value is -0.160. The van der Waals surface area contributed by atoms with E-state index in [-0.39, 0.29) is 6.10 Å². The molecule has 15 heavy (non-hydrogen) atoms. The molecule has 0 aliphatic carbocycles. The van der Waals surface area contributed by atoms with Crippen LogP contribution >= 0.6 is 0 Å². The van der Waals surface area contributed by atoms with Gasteiger partial charge in [0.05, 0.1) is 12.7 Å². The van der Waals surface area contributed by atoms with Crippen molar-refractivity contribution in [3.8, 4) is 0 Å². The van der Waals surface area contributed by atoms with Crippen molar-refractivity contribution in [2.75, 3.05) is 47.0 Å². The molecule has 0 radical (unpaired) electrons. The van der Waals surface area contributed by atoms with Crippen molar-refractivity contribution in [1.29, 1.82) is 0 Å². The van der Waals surface area contributed by atoms with E-state index in [1.807, 2.05) is 0 Å². The maximum atomic E-state index is 5.59. The molecule has 1 heterocycles. The van der Waals surface area contributed by atoms with E-state index in [1.165, 1.54) is 12.8 Å². The Morgan fingerprint density at radius 1 is 1.60 bits per heavy atom. The van der Waals surface area contributed by atoms with Gasteiger partial charge in [-0.1, -0.05) is 0 Å². The van der Waals surface area contributed by atoms with Gasteiger partial charge in [-0.15, -0.1) is 0 Å². The molecule has 1 aliphatic heterocycles. The number of hydrogen-bond donors (Lipinski definition) is 1. The molecule has 1 fully saturated rings. The van der Waals surface area contributed by atoms with Gasteiger partial charge in [-0.2, -0.15) is 0 Å². The molecular weight excluding hydrogens is 192 g/mol. The van der Waals surface area contributed by atoms with E-state index in [1.54, 1.807) is 7.11 Å². The Bertz CT molecular complexity index is 157. The summed E-state index contributed by atoms with van der Waals surface area (Å²) in [5.41, 5.74) is 5.59. The highest BCUT2D eigenvalue weighted by molar-refractivity contribution is 4.70. The van der Waals surface area contributed by atoms with Gasteiger partial charge in [0.2, 0.25) is 0 Å². The third kappa shape index (κ3) is 4.93. The monoisotopic (exact) mass is 216 g/mol. The summed E-state index contributed by atoms with van der Waals surface area (Å²) >= 11 is 0. The predicted octanol–water partition coefficient (Wildman–Crippen LogP) is 0.319. The second-order valence-electron chi connectivity index (χ2n) is 4.40. The van der Waals surface area contributed by atoms with Crippen molar-refractivity contribution < 1.29 is 9.47 Å². The summed E-state index contributed by atoms with van der Waals surface area (Å²) in [4.78, 5) is 2.29. The Morgan fingerprint density at radius 3 is 2.93 bits per heavy atom. The molecule has 4 heteroatoms. The fourth-order valence-corrected chi connectivity index (χ4v) is 2.06. The number of nitrogens with zero attached hydrogens (tertiary/aromatic N) is 1. The molecule has 0 aromatic rings. The Kier molecular flexibility index (Phi) is 6.17. The van der Waals surface area contributed by atoms with Gasteiger partial charge in [0.15, 0.2) is 0 Å². The van der Waals surface area contributed by atoms with Crippen LogP contribution in [-0.2, 0) is 9.47 Å². The van der Waals surface area contributed by atoms with Gasteiger partial charge in [0, 0.05) is 33.4 Å². The fraction of sp³-hybridized carbons (Fsp3) is 1.00. The molecule has 1 aliphatic rings. The van der Waals surface area contributed by atoms with Gasteiger partial charge >= 0.3 is 0 Å². The molecule has 0 aromatic carbocycles. The average molecular weight is 216 g/mol. The van der Waals surface area contributed by atoms with E-state index in [9.17, 15) is 0 Å².